The van der Waals surface area contributed by atoms with Crippen molar-refractivity contribution in [2.24, 2.45) is 0 Å². The van der Waals surface area contributed by atoms with E-state index in [0.717, 1.165) is 19.3 Å². The highest BCUT2D eigenvalue weighted by Crippen LogP contribution is 2.18. The summed E-state index contributed by atoms with van der Waals surface area (Å²) in [4.78, 5) is 21.4. The standard InChI is InChI=1S/C10H18N2O3/c13-9(12-8-3-4-8)2-1-6-11-7-5-10(14)15/h8,11H,1-7H2,(H,12,13)(H,14,15). The number of carboxylic acid groups (broad SMARTS) is 1. The first-order chi connectivity index (χ1) is 7.18. The normalized spacial score (nSPS) is 14.9. The minimum absolute atomic E-state index is 0.109. The molecule has 0 saturated heterocycles. The van der Waals surface area contributed by atoms with E-state index in [1.165, 1.54) is 0 Å². The van der Waals surface area contributed by atoms with Crippen molar-refractivity contribution in [3.8, 4) is 0 Å². The molecule has 5 heteroatoms. The van der Waals surface area contributed by atoms with Crippen LogP contribution in [0.1, 0.15) is 32.1 Å². The van der Waals surface area contributed by atoms with Crippen LogP contribution in [-0.2, 0) is 9.59 Å². The van der Waals surface area contributed by atoms with E-state index in [1.54, 1.807) is 0 Å². The van der Waals surface area contributed by atoms with Crippen molar-refractivity contribution in [2.45, 2.75) is 38.1 Å². The van der Waals surface area contributed by atoms with E-state index in [0.29, 0.717) is 25.6 Å². The molecule has 0 aromatic carbocycles. The number of carbonyl (C=O) groups excluding carboxylic acids is 1. The van der Waals surface area contributed by atoms with Gasteiger partial charge in [-0.25, -0.2) is 0 Å². The molecule has 0 bridgehead atoms. The Hall–Kier alpha value is -1.10. The van der Waals surface area contributed by atoms with E-state index in [2.05, 4.69) is 10.6 Å². The van der Waals surface area contributed by atoms with Gasteiger partial charge >= 0.3 is 5.97 Å². The first kappa shape index (κ1) is 12.0. The largest absolute Gasteiger partial charge is 0.481 e. The maximum absolute atomic E-state index is 11.2. The minimum atomic E-state index is -0.797. The lowest BCUT2D eigenvalue weighted by atomic mass is 10.3. The zero-order valence-electron chi connectivity index (χ0n) is 8.79. The van der Waals surface area contributed by atoms with Crippen LogP contribution in [0.3, 0.4) is 0 Å². The van der Waals surface area contributed by atoms with Crippen LogP contribution in [0, 0.1) is 0 Å². The Balaban J connectivity index is 1.83. The number of hydrogen-bond donors (Lipinski definition) is 3. The fourth-order valence-electron chi connectivity index (χ4n) is 1.22. The van der Waals surface area contributed by atoms with Crippen LogP contribution in [0.2, 0.25) is 0 Å². The van der Waals surface area contributed by atoms with E-state index in [-0.39, 0.29) is 12.3 Å². The topological polar surface area (TPSA) is 78.4 Å². The highest BCUT2D eigenvalue weighted by atomic mass is 16.4. The second-order valence-corrected chi connectivity index (χ2v) is 3.84. The van der Waals surface area contributed by atoms with Gasteiger partial charge < -0.3 is 15.7 Å². The molecular weight excluding hydrogens is 196 g/mol. The van der Waals surface area contributed by atoms with Gasteiger partial charge in [0.15, 0.2) is 0 Å². The van der Waals surface area contributed by atoms with E-state index in [4.69, 9.17) is 5.11 Å². The van der Waals surface area contributed by atoms with Crippen molar-refractivity contribution in [3.63, 3.8) is 0 Å². The number of hydrogen-bond acceptors (Lipinski definition) is 3. The lowest BCUT2D eigenvalue weighted by Crippen LogP contribution is -2.26. The Morgan fingerprint density at radius 3 is 2.53 bits per heavy atom. The van der Waals surface area contributed by atoms with Gasteiger partial charge in [0.2, 0.25) is 5.91 Å². The third-order valence-electron chi connectivity index (χ3n) is 2.22. The van der Waals surface area contributed by atoms with Gasteiger partial charge in [0.05, 0.1) is 6.42 Å². The second-order valence-electron chi connectivity index (χ2n) is 3.84. The molecule has 0 aliphatic heterocycles. The van der Waals surface area contributed by atoms with Crippen LogP contribution < -0.4 is 10.6 Å². The highest BCUT2D eigenvalue weighted by molar-refractivity contribution is 5.76. The van der Waals surface area contributed by atoms with Gasteiger partial charge in [-0.2, -0.15) is 0 Å². The van der Waals surface area contributed by atoms with Gasteiger partial charge in [-0.05, 0) is 25.8 Å². The van der Waals surface area contributed by atoms with Crippen LogP contribution in [0.5, 0.6) is 0 Å². The molecule has 0 radical (unpaired) electrons. The third-order valence-corrected chi connectivity index (χ3v) is 2.22. The molecule has 1 saturated carbocycles. The lowest BCUT2D eigenvalue weighted by Gasteiger charge is -2.04. The highest BCUT2D eigenvalue weighted by Gasteiger charge is 2.22. The summed E-state index contributed by atoms with van der Waals surface area (Å²) in [5, 5.41) is 14.2. The van der Waals surface area contributed by atoms with Crippen molar-refractivity contribution in [2.75, 3.05) is 13.1 Å². The summed E-state index contributed by atoms with van der Waals surface area (Å²) < 4.78 is 0. The number of aliphatic carboxylic acids is 1. The first-order valence-corrected chi connectivity index (χ1v) is 5.40. The molecule has 1 amide bonds. The molecule has 3 N–H and O–H groups in total. The predicted octanol–water partition coefficient (Wildman–Crippen LogP) is 0.110. The van der Waals surface area contributed by atoms with Gasteiger partial charge in [-0.15, -0.1) is 0 Å². The summed E-state index contributed by atoms with van der Waals surface area (Å²) in [6.07, 6.45) is 3.65. The van der Waals surface area contributed by atoms with Crippen LogP contribution in [-0.4, -0.2) is 36.1 Å². The van der Waals surface area contributed by atoms with Crippen LogP contribution >= 0.6 is 0 Å². The van der Waals surface area contributed by atoms with Gasteiger partial charge in [-0.3, -0.25) is 9.59 Å². The Morgan fingerprint density at radius 2 is 1.93 bits per heavy atom. The number of amides is 1. The van der Waals surface area contributed by atoms with Crippen LogP contribution in [0.25, 0.3) is 0 Å². The SMILES string of the molecule is O=C(O)CCNCCCC(=O)NC1CC1. The quantitative estimate of drug-likeness (QED) is 0.501. The molecule has 1 rings (SSSR count). The Kier molecular flexibility index (Phi) is 5.10. The fraction of sp³-hybridized carbons (Fsp3) is 0.800. The summed E-state index contributed by atoms with van der Waals surface area (Å²) in [5.41, 5.74) is 0. The average molecular weight is 214 g/mol. The van der Waals surface area contributed by atoms with Crippen LogP contribution in [0.15, 0.2) is 0 Å². The maximum Gasteiger partial charge on any atom is 0.304 e. The smallest absolute Gasteiger partial charge is 0.304 e. The molecule has 0 aromatic rings. The molecule has 15 heavy (non-hydrogen) atoms. The summed E-state index contributed by atoms with van der Waals surface area (Å²) in [6.45, 7) is 1.17. The molecular formula is C10H18N2O3. The number of carboxylic acids is 1. The van der Waals surface area contributed by atoms with E-state index < -0.39 is 5.97 Å². The van der Waals surface area contributed by atoms with Crippen LogP contribution in [0.4, 0.5) is 0 Å². The van der Waals surface area contributed by atoms with Crippen molar-refractivity contribution in [1.29, 1.82) is 0 Å². The summed E-state index contributed by atoms with van der Waals surface area (Å²) in [6, 6.07) is 0.428. The monoisotopic (exact) mass is 214 g/mol. The van der Waals surface area contributed by atoms with Gasteiger partial charge in [0.25, 0.3) is 0 Å². The third kappa shape index (κ3) is 6.90. The fourth-order valence-corrected chi connectivity index (χ4v) is 1.22. The van der Waals surface area contributed by atoms with Crippen molar-refractivity contribution in [1.82, 2.24) is 10.6 Å². The van der Waals surface area contributed by atoms with Crippen molar-refractivity contribution in [3.05, 3.63) is 0 Å². The zero-order valence-corrected chi connectivity index (χ0v) is 8.79. The van der Waals surface area contributed by atoms with Gasteiger partial charge in [0, 0.05) is 19.0 Å². The maximum atomic E-state index is 11.2. The molecule has 1 aliphatic rings. The van der Waals surface area contributed by atoms with Crippen molar-refractivity contribution < 1.29 is 14.7 Å². The summed E-state index contributed by atoms with van der Waals surface area (Å²) >= 11 is 0. The molecule has 1 aliphatic carbocycles. The van der Waals surface area contributed by atoms with Crippen molar-refractivity contribution >= 4 is 11.9 Å². The lowest BCUT2D eigenvalue weighted by molar-refractivity contribution is -0.136. The Labute approximate surface area is 89.2 Å². The Bertz CT molecular complexity index is 227. The summed E-state index contributed by atoms with van der Waals surface area (Å²) in [7, 11) is 0. The second kappa shape index (κ2) is 6.40. The first-order valence-electron chi connectivity index (χ1n) is 5.40. The Morgan fingerprint density at radius 1 is 1.20 bits per heavy atom. The molecule has 0 aromatic heterocycles. The molecule has 5 nitrogen and oxygen atoms in total. The molecule has 0 unspecified atom stereocenters. The molecule has 0 spiro atoms. The zero-order chi connectivity index (χ0) is 11.1. The summed E-state index contributed by atoms with van der Waals surface area (Å²) in [5.74, 6) is -0.688. The minimum Gasteiger partial charge on any atom is -0.481 e. The van der Waals surface area contributed by atoms with Gasteiger partial charge in [0.1, 0.15) is 0 Å². The molecule has 1 fully saturated rings. The number of nitrogens with one attached hydrogen (secondary N) is 2. The average Bonchev–Trinajstić information content (AvgIpc) is 2.94. The van der Waals surface area contributed by atoms with E-state index in [9.17, 15) is 9.59 Å². The van der Waals surface area contributed by atoms with E-state index in [1.807, 2.05) is 0 Å². The number of rotatable bonds is 8. The number of carbonyl (C=O) groups is 2. The van der Waals surface area contributed by atoms with Gasteiger partial charge in [-0.1, -0.05) is 0 Å². The predicted molar refractivity (Wildman–Crippen MR) is 55.5 cm³/mol. The molecule has 86 valence electrons. The molecule has 0 atom stereocenters. The van der Waals surface area contributed by atoms with E-state index >= 15 is 0 Å². The molecule has 0 heterocycles.